The summed E-state index contributed by atoms with van der Waals surface area (Å²) in [5.41, 5.74) is 1.35. The summed E-state index contributed by atoms with van der Waals surface area (Å²) in [4.78, 5) is 0. The Kier molecular flexibility index (Phi) is 4.12. The molecule has 0 aliphatic heterocycles. The summed E-state index contributed by atoms with van der Waals surface area (Å²) >= 11 is 0. The van der Waals surface area contributed by atoms with E-state index < -0.39 is 5.82 Å². The first-order valence-electron chi connectivity index (χ1n) is 5.97. The molecule has 1 N–H and O–H groups in total. The molecule has 4 heteroatoms. The number of nitrogens with one attached hydrogen (secondary N) is 1. The number of hydrogen-bond donors (Lipinski definition) is 1. The molecular weight excluding hydrogens is 248 g/mol. The van der Waals surface area contributed by atoms with E-state index >= 15 is 0 Å². The molecule has 0 amide bonds. The highest BCUT2D eigenvalue weighted by Gasteiger charge is 2.07. The molecule has 0 saturated heterocycles. The lowest BCUT2D eigenvalue weighted by Gasteiger charge is -2.09. The van der Waals surface area contributed by atoms with E-state index in [1.165, 1.54) is 12.1 Å². The van der Waals surface area contributed by atoms with Crippen molar-refractivity contribution < 1.29 is 13.5 Å². The van der Waals surface area contributed by atoms with Crippen molar-refractivity contribution in [2.75, 3.05) is 7.05 Å². The van der Waals surface area contributed by atoms with Crippen molar-refractivity contribution in [3.8, 4) is 11.5 Å². The molecule has 0 bridgehead atoms. The van der Waals surface area contributed by atoms with Gasteiger partial charge in [0, 0.05) is 12.6 Å². The molecule has 0 atom stereocenters. The summed E-state index contributed by atoms with van der Waals surface area (Å²) in [6.07, 6.45) is 0. The first kappa shape index (κ1) is 13.5. The van der Waals surface area contributed by atoms with E-state index in [4.69, 9.17) is 4.74 Å². The summed E-state index contributed by atoms with van der Waals surface area (Å²) in [6, 6.07) is 9.16. The normalized spacial score (nSPS) is 10.5. The minimum absolute atomic E-state index is 0.0862. The fraction of sp³-hybridized carbons (Fsp3) is 0.200. The largest absolute Gasteiger partial charge is 0.454 e. The standard InChI is InChI=1S/C15H15F2NO/c1-10-3-5-12(8-13(10)16)19-15-6-4-11(9-18-2)7-14(15)17/h3-8,18H,9H2,1-2H3. The van der Waals surface area contributed by atoms with Crippen LogP contribution in [0.1, 0.15) is 11.1 Å². The van der Waals surface area contributed by atoms with Crippen LogP contribution in [0.2, 0.25) is 0 Å². The Bertz CT molecular complexity index is 584. The molecule has 0 fully saturated rings. The van der Waals surface area contributed by atoms with Gasteiger partial charge in [-0.05, 0) is 43.3 Å². The van der Waals surface area contributed by atoms with Gasteiger partial charge in [-0.2, -0.15) is 0 Å². The Morgan fingerprint density at radius 2 is 1.84 bits per heavy atom. The van der Waals surface area contributed by atoms with Crippen molar-refractivity contribution in [1.29, 1.82) is 0 Å². The lowest BCUT2D eigenvalue weighted by molar-refractivity contribution is 0.437. The molecule has 0 heterocycles. The van der Waals surface area contributed by atoms with Crippen LogP contribution in [0.5, 0.6) is 11.5 Å². The molecule has 0 radical (unpaired) electrons. The highest BCUT2D eigenvalue weighted by Crippen LogP contribution is 2.26. The highest BCUT2D eigenvalue weighted by atomic mass is 19.1. The maximum Gasteiger partial charge on any atom is 0.166 e. The van der Waals surface area contributed by atoms with E-state index in [0.29, 0.717) is 12.1 Å². The van der Waals surface area contributed by atoms with Crippen LogP contribution in [0.3, 0.4) is 0 Å². The van der Waals surface area contributed by atoms with Crippen LogP contribution in [0.4, 0.5) is 8.78 Å². The molecule has 2 nitrogen and oxygen atoms in total. The fourth-order valence-corrected chi connectivity index (χ4v) is 1.71. The van der Waals surface area contributed by atoms with E-state index in [0.717, 1.165) is 5.56 Å². The smallest absolute Gasteiger partial charge is 0.166 e. The van der Waals surface area contributed by atoms with E-state index in [1.54, 1.807) is 38.2 Å². The summed E-state index contributed by atoms with van der Waals surface area (Å²) in [7, 11) is 1.79. The number of rotatable bonds is 4. The Labute approximate surface area is 111 Å². The van der Waals surface area contributed by atoms with E-state index in [2.05, 4.69) is 5.32 Å². The molecular formula is C15H15F2NO. The second-order valence-corrected chi connectivity index (χ2v) is 4.31. The third-order valence-corrected chi connectivity index (χ3v) is 2.75. The molecule has 0 aromatic heterocycles. The van der Waals surface area contributed by atoms with Gasteiger partial charge in [0.1, 0.15) is 11.6 Å². The van der Waals surface area contributed by atoms with Gasteiger partial charge in [-0.1, -0.05) is 12.1 Å². The molecule has 19 heavy (non-hydrogen) atoms. The van der Waals surface area contributed by atoms with Gasteiger partial charge in [-0.3, -0.25) is 0 Å². The summed E-state index contributed by atoms with van der Waals surface area (Å²) in [6.45, 7) is 2.24. The van der Waals surface area contributed by atoms with Gasteiger partial charge in [0.15, 0.2) is 11.6 Å². The third kappa shape index (κ3) is 3.29. The zero-order valence-corrected chi connectivity index (χ0v) is 10.8. The van der Waals surface area contributed by atoms with Crippen LogP contribution in [-0.2, 0) is 6.54 Å². The molecule has 0 saturated carbocycles. The lowest BCUT2D eigenvalue weighted by atomic mass is 10.2. The van der Waals surface area contributed by atoms with Gasteiger partial charge in [0.05, 0.1) is 0 Å². The van der Waals surface area contributed by atoms with Crippen molar-refractivity contribution in [2.24, 2.45) is 0 Å². The van der Waals surface area contributed by atoms with Gasteiger partial charge >= 0.3 is 0 Å². The van der Waals surface area contributed by atoms with E-state index in [-0.39, 0.29) is 17.3 Å². The van der Waals surface area contributed by atoms with Gasteiger partial charge in [0.25, 0.3) is 0 Å². The molecule has 2 aromatic carbocycles. The Morgan fingerprint density at radius 3 is 2.47 bits per heavy atom. The zero-order chi connectivity index (χ0) is 13.8. The summed E-state index contributed by atoms with van der Waals surface area (Å²) in [5.74, 6) is -0.468. The van der Waals surface area contributed by atoms with Crippen molar-refractivity contribution in [3.63, 3.8) is 0 Å². The fourth-order valence-electron chi connectivity index (χ4n) is 1.71. The van der Waals surface area contributed by atoms with Crippen molar-refractivity contribution >= 4 is 0 Å². The quantitative estimate of drug-likeness (QED) is 0.906. The number of ether oxygens (including phenoxy) is 1. The summed E-state index contributed by atoms with van der Waals surface area (Å²) < 4.78 is 32.5. The van der Waals surface area contributed by atoms with Crippen molar-refractivity contribution in [2.45, 2.75) is 13.5 Å². The Morgan fingerprint density at radius 1 is 1.05 bits per heavy atom. The number of benzene rings is 2. The van der Waals surface area contributed by atoms with E-state index in [1.807, 2.05) is 0 Å². The average Bonchev–Trinajstić information content (AvgIpc) is 2.37. The maximum atomic E-state index is 13.8. The van der Waals surface area contributed by atoms with Crippen molar-refractivity contribution in [3.05, 3.63) is 59.2 Å². The summed E-state index contributed by atoms with van der Waals surface area (Å²) in [5, 5.41) is 2.94. The zero-order valence-electron chi connectivity index (χ0n) is 10.8. The van der Waals surface area contributed by atoms with Crippen LogP contribution in [0, 0.1) is 18.6 Å². The van der Waals surface area contributed by atoms with Gasteiger partial charge in [0.2, 0.25) is 0 Å². The number of hydrogen-bond acceptors (Lipinski definition) is 2. The predicted molar refractivity (Wildman–Crippen MR) is 70.4 cm³/mol. The van der Waals surface area contributed by atoms with Gasteiger partial charge < -0.3 is 10.1 Å². The Balaban J connectivity index is 2.20. The highest BCUT2D eigenvalue weighted by molar-refractivity contribution is 5.36. The molecule has 2 rings (SSSR count). The van der Waals surface area contributed by atoms with Crippen LogP contribution >= 0.6 is 0 Å². The number of aryl methyl sites for hydroxylation is 1. The Hall–Kier alpha value is -1.94. The monoisotopic (exact) mass is 263 g/mol. The van der Waals surface area contributed by atoms with Crippen LogP contribution < -0.4 is 10.1 Å². The lowest BCUT2D eigenvalue weighted by Crippen LogP contribution is -2.05. The topological polar surface area (TPSA) is 21.3 Å². The second-order valence-electron chi connectivity index (χ2n) is 4.31. The molecule has 0 unspecified atom stereocenters. The molecule has 0 spiro atoms. The molecule has 2 aromatic rings. The SMILES string of the molecule is CNCc1ccc(Oc2ccc(C)c(F)c2)c(F)c1. The van der Waals surface area contributed by atoms with E-state index in [9.17, 15) is 8.78 Å². The predicted octanol–water partition coefficient (Wildman–Crippen LogP) is 3.78. The molecule has 0 aliphatic carbocycles. The van der Waals surface area contributed by atoms with Crippen LogP contribution in [-0.4, -0.2) is 7.05 Å². The first-order valence-corrected chi connectivity index (χ1v) is 5.97. The minimum Gasteiger partial charge on any atom is -0.454 e. The maximum absolute atomic E-state index is 13.8. The second kappa shape index (κ2) is 5.80. The minimum atomic E-state index is -0.464. The first-order chi connectivity index (χ1) is 9.10. The van der Waals surface area contributed by atoms with Crippen molar-refractivity contribution in [1.82, 2.24) is 5.32 Å². The average molecular weight is 263 g/mol. The van der Waals surface area contributed by atoms with Gasteiger partial charge in [-0.15, -0.1) is 0 Å². The number of halogens is 2. The van der Waals surface area contributed by atoms with Crippen LogP contribution in [0.15, 0.2) is 36.4 Å². The van der Waals surface area contributed by atoms with Gasteiger partial charge in [-0.25, -0.2) is 8.78 Å². The third-order valence-electron chi connectivity index (χ3n) is 2.75. The molecule has 100 valence electrons. The molecule has 0 aliphatic rings. The van der Waals surface area contributed by atoms with Crippen LogP contribution in [0.25, 0.3) is 0 Å².